The van der Waals surface area contributed by atoms with Gasteiger partial charge in [0, 0.05) is 36.4 Å². The van der Waals surface area contributed by atoms with E-state index in [2.05, 4.69) is 28.3 Å². The van der Waals surface area contributed by atoms with Crippen LogP contribution in [0, 0.1) is 0 Å². The van der Waals surface area contributed by atoms with Gasteiger partial charge < -0.3 is 15.3 Å². The summed E-state index contributed by atoms with van der Waals surface area (Å²) in [6, 6.07) is 6.63. The number of aliphatic hydroxyl groups excluding tert-OH is 1. The SMILES string of the molecule is CNC1(CO)CCCC(N(C)CCc2ccccn2)C1. The Morgan fingerprint density at radius 2 is 2.35 bits per heavy atom. The van der Waals surface area contributed by atoms with Crippen LogP contribution < -0.4 is 5.32 Å². The molecule has 4 heteroatoms. The standard InChI is InChI=1S/C16H27N3O/c1-17-16(13-20)9-5-7-15(12-16)19(2)11-8-14-6-3-4-10-18-14/h3-4,6,10,15,17,20H,5,7-9,11-13H2,1-2H3. The fraction of sp³-hybridized carbons (Fsp3) is 0.688. The molecule has 112 valence electrons. The highest BCUT2D eigenvalue weighted by Gasteiger charge is 2.35. The molecule has 0 aromatic carbocycles. The summed E-state index contributed by atoms with van der Waals surface area (Å²) < 4.78 is 0. The Morgan fingerprint density at radius 1 is 1.50 bits per heavy atom. The maximum Gasteiger partial charge on any atom is 0.0613 e. The molecule has 0 amide bonds. The van der Waals surface area contributed by atoms with Gasteiger partial charge in [0.1, 0.15) is 0 Å². The van der Waals surface area contributed by atoms with Crippen LogP contribution >= 0.6 is 0 Å². The molecule has 0 saturated heterocycles. The molecule has 0 aliphatic heterocycles. The van der Waals surface area contributed by atoms with Crippen molar-refractivity contribution >= 4 is 0 Å². The number of nitrogens with one attached hydrogen (secondary N) is 1. The summed E-state index contributed by atoms with van der Waals surface area (Å²) in [6.45, 7) is 1.25. The van der Waals surface area contributed by atoms with E-state index in [0.29, 0.717) is 6.04 Å². The second-order valence-corrected chi connectivity index (χ2v) is 5.99. The lowest BCUT2D eigenvalue weighted by molar-refractivity contribution is 0.0751. The summed E-state index contributed by atoms with van der Waals surface area (Å²) >= 11 is 0. The number of hydrogen-bond acceptors (Lipinski definition) is 4. The van der Waals surface area contributed by atoms with E-state index in [4.69, 9.17) is 0 Å². The second kappa shape index (κ2) is 7.16. The van der Waals surface area contributed by atoms with Crippen molar-refractivity contribution in [2.75, 3.05) is 27.2 Å². The van der Waals surface area contributed by atoms with Crippen molar-refractivity contribution in [2.24, 2.45) is 0 Å². The minimum atomic E-state index is -0.0812. The Hall–Kier alpha value is -0.970. The largest absolute Gasteiger partial charge is 0.394 e. The average molecular weight is 277 g/mol. The monoisotopic (exact) mass is 277 g/mol. The van der Waals surface area contributed by atoms with E-state index in [0.717, 1.165) is 31.5 Å². The summed E-state index contributed by atoms with van der Waals surface area (Å²) in [5.41, 5.74) is 1.07. The zero-order valence-corrected chi connectivity index (χ0v) is 12.7. The fourth-order valence-corrected chi connectivity index (χ4v) is 3.18. The number of likely N-dealkylation sites (N-methyl/N-ethyl adjacent to an activating group) is 2. The average Bonchev–Trinajstić information content (AvgIpc) is 2.53. The van der Waals surface area contributed by atoms with E-state index in [1.807, 2.05) is 25.4 Å². The lowest BCUT2D eigenvalue weighted by Gasteiger charge is -2.43. The van der Waals surface area contributed by atoms with Crippen LogP contribution in [-0.4, -0.2) is 53.8 Å². The zero-order valence-electron chi connectivity index (χ0n) is 12.7. The summed E-state index contributed by atoms with van der Waals surface area (Å²) in [4.78, 5) is 6.80. The third-order valence-electron chi connectivity index (χ3n) is 4.72. The van der Waals surface area contributed by atoms with Crippen molar-refractivity contribution in [3.63, 3.8) is 0 Å². The predicted octanol–water partition coefficient (Wildman–Crippen LogP) is 1.45. The van der Waals surface area contributed by atoms with Gasteiger partial charge in [0.2, 0.25) is 0 Å². The number of rotatable bonds is 6. The molecule has 2 N–H and O–H groups in total. The van der Waals surface area contributed by atoms with Crippen molar-refractivity contribution in [3.8, 4) is 0 Å². The van der Waals surface area contributed by atoms with E-state index in [1.165, 1.54) is 12.8 Å². The van der Waals surface area contributed by atoms with Crippen molar-refractivity contribution in [1.82, 2.24) is 15.2 Å². The Bertz CT molecular complexity index is 392. The molecule has 1 fully saturated rings. The molecule has 1 aromatic rings. The first kappa shape index (κ1) is 15.4. The van der Waals surface area contributed by atoms with Crippen molar-refractivity contribution in [1.29, 1.82) is 0 Å². The molecule has 2 unspecified atom stereocenters. The van der Waals surface area contributed by atoms with E-state index < -0.39 is 0 Å². The molecule has 1 aliphatic carbocycles. The number of nitrogens with zero attached hydrogens (tertiary/aromatic N) is 2. The smallest absolute Gasteiger partial charge is 0.0613 e. The highest BCUT2D eigenvalue weighted by Crippen LogP contribution is 2.30. The van der Waals surface area contributed by atoms with Gasteiger partial charge in [-0.25, -0.2) is 0 Å². The van der Waals surface area contributed by atoms with Gasteiger partial charge in [-0.2, -0.15) is 0 Å². The maximum atomic E-state index is 9.66. The molecule has 2 rings (SSSR count). The van der Waals surface area contributed by atoms with Crippen LogP contribution in [0.4, 0.5) is 0 Å². The van der Waals surface area contributed by atoms with Gasteiger partial charge in [-0.1, -0.05) is 6.07 Å². The molecule has 4 nitrogen and oxygen atoms in total. The van der Waals surface area contributed by atoms with E-state index in [-0.39, 0.29) is 12.1 Å². The molecule has 20 heavy (non-hydrogen) atoms. The number of hydrogen-bond donors (Lipinski definition) is 2. The summed E-state index contributed by atoms with van der Waals surface area (Å²) in [5, 5.41) is 13.0. The molecule has 1 aromatic heterocycles. The highest BCUT2D eigenvalue weighted by atomic mass is 16.3. The zero-order chi connectivity index (χ0) is 14.4. The van der Waals surface area contributed by atoms with Gasteiger partial charge in [-0.15, -0.1) is 0 Å². The van der Waals surface area contributed by atoms with Crippen LogP contribution in [0.1, 0.15) is 31.4 Å². The number of pyridine rings is 1. The van der Waals surface area contributed by atoms with Crippen LogP contribution in [0.3, 0.4) is 0 Å². The lowest BCUT2D eigenvalue weighted by atomic mass is 9.79. The first-order valence-electron chi connectivity index (χ1n) is 7.59. The van der Waals surface area contributed by atoms with Crippen molar-refractivity contribution < 1.29 is 5.11 Å². The predicted molar refractivity (Wildman–Crippen MR) is 81.7 cm³/mol. The normalized spacial score (nSPS) is 26.9. The van der Waals surface area contributed by atoms with Crippen LogP contribution in [-0.2, 0) is 6.42 Å². The quantitative estimate of drug-likeness (QED) is 0.826. The molecule has 2 atom stereocenters. The van der Waals surface area contributed by atoms with Gasteiger partial charge in [-0.3, -0.25) is 4.98 Å². The molecule has 0 radical (unpaired) electrons. The Morgan fingerprint density at radius 3 is 3.00 bits per heavy atom. The number of aliphatic hydroxyl groups is 1. The maximum absolute atomic E-state index is 9.66. The molecular formula is C16H27N3O. The number of aromatic nitrogens is 1. The summed E-state index contributed by atoms with van der Waals surface area (Å²) in [5.74, 6) is 0. The lowest BCUT2D eigenvalue weighted by Crippen LogP contribution is -2.54. The van der Waals surface area contributed by atoms with Crippen molar-refractivity contribution in [2.45, 2.75) is 43.7 Å². The van der Waals surface area contributed by atoms with Crippen LogP contribution in [0.5, 0.6) is 0 Å². The third-order valence-corrected chi connectivity index (χ3v) is 4.72. The van der Waals surface area contributed by atoms with Gasteiger partial charge in [-0.05, 0) is 51.9 Å². The van der Waals surface area contributed by atoms with Crippen molar-refractivity contribution in [3.05, 3.63) is 30.1 Å². The summed E-state index contributed by atoms with van der Waals surface area (Å²) in [6.07, 6.45) is 7.35. The second-order valence-electron chi connectivity index (χ2n) is 5.99. The first-order chi connectivity index (χ1) is 9.69. The topological polar surface area (TPSA) is 48.4 Å². The third kappa shape index (κ3) is 3.78. The van der Waals surface area contributed by atoms with Gasteiger partial charge in [0.15, 0.2) is 0 Å². The minimum Gasteiger partial charge on any atom is -0.394 e. The van der Waals surface area contributed by atoms with Gasteiger partial charge in [0.25, 0.3) is 0 Å². The van der Waals surface area contributed by atoms with E-state index in [9.17, 15) is 5.11 Å². The van der Waals surface area contributed by atoms with E-state index in [1.54, 1.807) is 0 Å². The van der Waals surface area contributed by atoms with Crippen LogP contribution in [0.25, 0.3) is 0 Å². The fourth-order valence-electron chi connectivity index (χ4n) is 3.18. The van der Waals surface area contributed by atoms with Crippen LogP contribution in [0.15, 0.2) is 24.4 Å². The van der Waals surface area contributed by atoms with Gasteiger partial charge >= 0.3 is 0 Å². The first-order valence-corrected chi connectivity index (χ1v) is 7.59. The Labute approximate surface area is 122 Å². The van der Waals surface area contributed by atoms with E-state index >= 15 is 0 Å². The van der Waals surface area contributed by atoms with Crippen LogP contribution in [0.2, 0.25) is 0 Å². The molecule has 0 spiro atoms. The molecular weight excluding hydrogens is 250 g/mol. The molecule has 0 bridgehead atoms. The molecule has 1 aliphatic rings. The van der Waals surface area contributed by atoms with Gasteiger partial charge in [0.05, 0.1) is 6.61 Å². The molecule has 1 saturated carbocycles. The summed E-state index contributed by atoms with van der Waals surface area (Å²) in [7, 11) is 4.16. The minimum absolute atomic E-state index is 0.0812. The Balaban J connectivity index is 1.87. The highest BCUT2D eigenvalue weighted by molar-refractivity contribution is 5.04. The Kier molecular flexibility index (Phi) is 5.52. The molecule has 1 heterocycles.